The zero-order chi connectivity index (χ0) is 11.5. The molecule has 0 aromatic carbocycles. The Bertz CT molecular complexity index is 388. The minimum Gasteiger partial charge on any atom is -0.337 e. The van der Waals surface area contributed by atoms with Gasteiger partial charge < -0.3 is 4.90 Å². The second-order valence-electron chi connectivity index (χ2n) is 4.20. The van der Waals surface area contributed by atoms with E-state index in [2.05, 4.69) is 4.98 Å². The normalized spacial score (nSPS) is 16.4. The molecule has 1 aliphatic carbocycles. The lowest BCUT2D eigenvalue weighted by molar-refractivity contribution is 0.0728. The molecule has 4 heteroatoms. The third kappa shape index (κ3) is 2.21. The summed E-state index contributed by atoms with van der Waals surface area (Å²) < 4.78 is 12.9. The number of hydrogen-bond donors (Lipinski definition) is 0. The molecule has 0 aliphatic heterocycles. The van der Waals surface area contributed by atoms with Gasteiger partial charge in [-0.3, -0.25) is 4.79 Å². The van der Waals surface area contributed by atoms with E-state index in [1.165, 1.54) is 25.0 Å². The summed E-state index contributed by atoms with van der Waals surface area (Å²) >= 11 is 0. The molecule has 0 bridgehead atoms. The molecule has 0 saturated heterocycles. The standard InChI is InChI=1S/C12H15FN2O/c1-15(9-5-2-3-6-9)12(16)10-7-4-8-11(13)14-10/h4,7-9H,2-3,5-6H2,1H3. The zero-order valence-electron chi connectivity index (χ0n) is 9.32. The summed E-state index contributed by atoms with van der Waals surface area (Å²) in [5, 5.41) is 0. The Morgan fingerprint density at radius 1 is 1.44 bits per heavy atom. The van der Waals surface area contributed by atoms with E-state index in [4.69, 9.17) is 0 Å². The fourth-order valence-corrected chi connectivity index (χ4v) is 2.17. The van der Waals surface area contributed by atoms with E-state index >= 15 is 0 Å². The minimum atomic E-state index is -0.606. The molecule has 0 spiro atoms. The van der Waals surface area contributed by atoms with Crippen molar-refractivity contribution in [1.29, 1.82) is 0 Å². The third-order valence-corrected chi connectivity index (χ3v) is 3.13. The fraction of sp³-hybridized carbons (Fsp3) is 0.500. The van der Waals surface area contributed by atoms with Gasteiger partial charge in [-0.05, 0) is 25.0 Å². The fourth-order valence-electron chi connectivity index (χ4n) is 2.17. The Hall–Kier alpha value is -1.45. The summed E-state index contributed by atoms with van der Waals surface area (Å²) in [5.41, 5.74) is 0.189. The van der Waals surface area contributed by atoms with Crippen LogP contribution in [0.4, 0.5) is 4.39 Å². The van der Waals surface area contributed by atoms with Crippen LogP contribution in [0.15, 0.2) is 18.2 Å². The lowest BCUT2D eigenvalue weighted by Gasteiger charge is -2.23. The summed E-state index contributed by atoms with van der Waals surface area (Å²) in [6.45, 7) is 0. The molecule has 0 unspecified atom stereocenters. The first-order valence-electron chi connectivity index (χ1n) is 5.58. The van der Waals surface area contributed by atoms with Crippen LogP contribution in [-0.2, 0) is 0 Å². The highest BCUT2D eigenvalue weighted by Gasteiger charge is 2.24. The van der Waals surface area contributed by atoms with Gasteiger partial charge in [0.25, 0.3) is 5.91 Å². The molecule has 1 fully saturated rings. The van der Waals surface area contributed by atoms with E-state index in [0.717, 1.165) is 12.8 Å². The van der Waals surface area contributed by atoms with Crippen molar-refractivity contribution in [2.24, 2.45) is 0 Å². The van der Waals surface area contributed by atoms with Crippen LogP contribution in [0.2, 0.25) is 0 Å². The Morgan fingerprint density at radius 3 is 2.75 bits per heavy atom. The van der Waals surface area contributed by atoms with Crippen LogP contribution in [-0.4, -0.2) is 28.9 Å². The van der Waals surface area contributed by atoms with Gasteiger partial charge in [-0.1, -0.05) is 18.9 Å². The maximum Gasteiger partial charge on any atom is 0.272 e. The van der Waals surface area contributed by atoms with Gasteiger partial charge in [0, 0.05) is 13.1 Å². The Kier molecular flexibility index (Phi) is 3.17. The number of amides is 1. The highest BCUT2D eigenvalue weighted by molar-refractivity contribution is 5.92. The molecule has 0 radical (unpaired) electrons. The van der Waals surface area contributed by atoms with E-state index in [1.54, 1.807) is 18.0 Å². The maximum absolute atomic E-state index is 12.9. The molecule has 16 heavy (non-hydrogen) atoms. The summed E-state index contributed by atoms with van der Waals surface area (Å²) in [4.78, 5) is 17.3. The summed E-state index contributed by atoms with van der Waals surface area (Å²) in [6, 6.07) is 4.60. The average Bonchev–Trinajstić information content (AvgIpc) is 2.80. The van der Waals surface area contributed by atoms with Crippen molar-refractivity contribution in [3.05, 3.63) is 29.8 Å². The molecule has 1 amide bonds. The van der Waals surface area contributed by atoms with Gasteiger partial charge in [0.15, 0.2) is 0 Å². The first-order chi connectivity index (χ1) is 7.68. The third-order valence-electron chi connectivity index (χ3n) is 3.13. The first-order valence-corrected chi connectivity index (χ1v) is 5.58. The quantitative estimate of drug-likeness (QED) is 0.719. The lowest BCUT2D eigenvalue weighted by Crippen LogP contribution is -2.35. The first kappa shape index (κ1) is 11.0. The number of aromatic nitrogens is 1. The molecular weight excluding hydrogens is 207 g/mol. The predicted octanol–water partition coefficient (Wildman–Crippen LogP) is 2.24. The smallest absolute Gasteiger partial charge is 0.272 e. The maximum atomic E-state index is 12.9. The van der Waals surface area contributed by atoms with Crippen molar-refractivity contribution >= 4 is 5.91 Å². The van der Waals surface area contributed by atoms with Crippen LogP contribution in [0.1, 0.15) is 36.2 Å². The number of carbonyl (C=O) groups is 1. The number of hydrogen-bond acceptors (Lipinski definition) is 2. The van der Waals surface area contributed by atoms with Crippen LogP contribution in [0.5, 0.6) is 0 Å². The SMILES string of the molecule is CN(C(=O)c1cccc(F)n1)C1CCCC1. The van der Waals surface area contributed by atoms with E-state index in [0.29, 0.717) is 0 Å². The molecule has 0 N–H and O–H groups in total. The lowest BCUT2D eigenvalue weighted by atomic mass is 10.2. The molecule has 0 atom stereocenters. The van der Waals surface area contributed by atoms with Crippen molar-refractivity contribution in [3.8, 4) is 0 Å². The second-order valence-corrected chi connectivity index (χ2v) is 4.20. The molecule has 1 saturated carbocycles. The highest BCUT2D eigenvalue weighted by Crippen LogP contribution is 2.23. The number of carbonyl (C=O) groups excluding carboxylic acids is 1. The highest BCUT2D eigenvalue weighted by atomic mass is 19.1. The minimum absolute atomic E-state index is 0.189. The van der Waals surface area contributed by atoms with E-state index in [9.17, 15) is 9.18 Å². The van der Waals surface area contributed by atoms with Gasteiger partial charge in [-0.2, -0.15) is 4.39 Å². The number of halogens is 1. The monoisotopic (exact) mass is 222 g/mol. The average molecular weight is 222 g/mol. The van der Waals surface area contributed by atoms with Gasteiger partial charge in [0.1, 0.15) is 5.69 Å². The van der Waals surface area contributed by atoms with Gasteiger partial charge in [-0.15, -0.1) is 0 Å². The summed E-state index contributed by atoms with van der Waals surface area (Å²) in [5.74, 6) is -0.794. The molecule has 1 aromatic rings. The van der Waals surface area contributed by atoms with E-state index in [1.807, 2.05) is 0 Å². The van der Waals surface area contributed by atoms with Crippen LogP contribution < -0.4 is 0 Å². The molecule has 1 aromatic heterocycles. The van der Waals surface area contributed by atoms with Gasteiger partial charge in [-0.25, -0.2) is 4.98 Å². The molecule has 86 valence electrons. The Balaban J connectivity index is 2.12. The van der Waals surface area contributed by atoms with Crippen molar-refractivity contribution in [1.82, 2.24) is 9.88 Å². The Morgan fingerprint density at radius 2 is 2.12 bits per heavy atom. The second kappa shape index (κ2) is 4.60. The van der Waals surface area contributed by atoms with Crippen molar-refractivity contribution in [3.63, 3.8) is 0 Å². The van der Waals surface area contributed by atoms with E-state index < -0.39 is 5.95 Å². The molecule has 1 heterocycles. The number of nitrogens with zero attached hydrogens (tertiary/aromatic N) is 2. The Labute approximate surface area is 94.3 Å². The largest absolute Gasteiger partial charge is 0.337 e. The summed E-state index contributed by atoms with van der Waals surface area (Å²) in [7, 11) is 1.77. The number of rotatable bonds is 2. The number of pyridine rings is 1. The van der Waals surface area contributed by atoms with Gasteiger partial charge in [0.2, 0.25) is 5.95 Å². The van der Waals surface area contributed by atoms with Gasteiger partial charge in [0.05, 0.1) is 0 Å². The zero-order valence-corrected chi connectivity index (χ0v) is 9.32. The van der Waals surface area contributed by atoms with E-state index in [-0.39, 0.29) is 17.6 Å². The molecule has 1 aliphatic rings. The molecule has 3 nitrogen and oxygen atoms in total. The van der Waals surface area contributed by atoms with Crippen LogP contribution in [0.3, 0.4) is 0 Å². The molecule has 2 rings (SSSR count). The summed E-state index contributed by atoms with van der Waals surface area (Å²) in [6.07, 6.45) is 4.41. The van der Waals surface area contributed by atoms with Crippen LogP contribution in [0, 0.1) is 5.95 Å². The molecular formula is C12H15FN2O. The van der Waals surface area contributed by atoms with Crippen LogP contribution in [0.25, 0.3) is 0 Å². The van der Waals surface area contributed by atoms with Crippen LogP contribution >= 0.6 is 0 Å². The van der Waals surface area contributed by atoms with Crippen molar-refractivity contribution < 1.29 is 9.18 Å². The van der Waals surface area contributed by atoms with Crippen molar-refractivity contribution in [2.75, 3.05) is 7.05 Å². The van der Waals surface area contributed by atoms with Gasteiger partial charge >= 0.3 is 0 Å². The predicted molar refractivity (Wildman–Crippen MR) is 58.5 cm³/mol. The topological polar surface area (TPSA) is 33.2 Å². The van der Waals surface area contributed by atoms with Crippen molar-refractivity contribution in [2.45, 2.75) is 31.7 Å².